The number of rotatable bonds is 5. The highest BCUT2D eigenvalue weighted by Crippen LogP contribution is 2.16. The summed E-state index contributed by atoms with van der Waals surface area (Å²) in [6.07, 6.45) is 3.73. The minimum atomic E-state index is -0.309. The van der Waals surface area contributed by atoms with Crippen LogP contribution < -0.4 is 10.6 Å². The third kappa shape index (κ3) is 4.39. The van der Waals surface area contributed by atoms with Crippen molar-refractivity contribution in [2.24, 2.45) is 0 Å². The minimum absolute atomic E-state index is 0.230. The van der Waals surface area contributed by atoms with Crippen LogP contribution in [0.4, 0.5) is 5.69 Å². The largest absolute Gasteiger partial charge is 0.352 e. The van der Waals surface area contributed by atoms with Crippen LogP contribution in [0, 0.1) is 0 Å². The second-order valence-electron chi connectivity index (χ2n) is 4.68. The molecule has 22 heavy (non-hydrogen) atoms. The number of hydrogen-bond acceptors (Lipinski definition) is 3. The Morgan fingerprint density at radius 2 is 1.86 bits per heavy atom. The molecule has 0 aliphatic heterocycles. The van der Waals surface area contributed by atoms with Crippen LogP contribution in [0.3, 0.4) is 0 Å². The zero-order valence-corrected chi connectivity index (χ0v) is 13.7. The number of nitrogens with one attached hydrogen (secondary N) is 2. The number of amides is 2. The van der Waals surface area contributed by atoms with Crippen molar-refractivity contribution >= 4 is 33.4 Å². The van der Waals surface area contributed by atoms with Gasteiger partial charge in [0.05, 0.1) is 11.1 Å². The molecule has 1 aromatic carbocycles. The first-order valence-electron chi connectivity index (χ1n) is 6.90. The van der Waals surface area contributed by atoms with Gasteiger partial charge in [0, 0.05) is 29.1 Å². The summed E-state index contributed by atoms with van der Waals surface area (Å²) in [5, 5.41) is 5.52. The topological polar surface area (TPSA) is 71.1 Å². The van der Waals surface area contributed by atoms with Crippen molar-refractivity contribution in [3.63, 3.8) is 0 Å². The molecule has 2 amide bonds. The molecule has 0 bridgehead atoms. The third-order valence-electron chi connectivity index (χ3n) is 2.88. The van der Waals surface area contributed by atoms with Crippen LogP contribution in [-0.2, 0) is 0 Å². The van der Waals surface area contributed by atoms with Gasteiger partial charge in [0.2, 0.25) is 0 Å². The monoisotopic (exact) mass is 361 g/mol. The number of benzene rings is 1. The molecule has 5 nitrogen and oxygen atoms in total. The van der Waals surface area contributed by atoms with E-state index >= 15 is 0 Å². The van der Waals surface area contributed by atoms with Crippen LogP contribution in [0.25, 0.3) is 0 Å². The summed E-state index contributed by atoms with van der Waals surface area (Å²) >= 11 is 3.35. The molecule has 1 aromatic heterocycles. The molecule has 0 saturated carbocycles. The standard InChI is InChI=1S/C16H16BrN3O2/c1-2-6-19-15(21)11-7-12(10-18-9-11)16(22)20-14-5-3-4-13(17)8-14/h3-5,7-10H,2,6H2,1H3,(H,19,21)(H,20,22). The number of halogens is 1. The predicted octanol–water partition coefficient (Wildman–Crippen LogP) is 3.24. The first-order valence-corrected chi connectivity index (χ1v) is 7.69. The fourth-order valence-corrected chi connectivity index (χ4v) is 2.20. The van der Waals surface area contributed by atoms with Crippen LogP contribution in [0.15, 0.2) is 47.2 Å². The Kier molecular flexibility index (Phi) is 5.66. The van der Waals surface area contributed by atoms with E-state index in [0.29, 0.717) is 23.4 Å². The van der Waals surface area contributed by atoms with Crippen LogP contribution in [0.5, 0.6) is 0 Å². The Hall–Kier alpha value is -2.21. The highest BCUT2D eigenvalue weighted by molar-refractivity contribution is 9.10. The smallest absolute Gasteiger partial charge is 0.257 e. The van der Waals surface area contributed by atoms with Crippen LogP contribution in [-0.4, -0.2) is 23.3 Å². The Labute approximate surface area is 137 Å². The molecule has 0 radical (unpaired) electrons. The van der Waals surface area contributed by atoms with Gasteiger partial charge < -0.3 is 10.6 Å². The summed E-state index contributed by atoms with van der Waals surface area (Å²) in [4.78, 5) is 28.1. The fourth-order valence-electron chi connectivity index (χ4n) is 1.80. The zero-order valence-electron chi connectivity index (χ0n) is 12.1. The van der Waals surface area contributed by atoms with E-state index in [1.165, 1.54) is 18.5 Å². The summed E-state index contributed by atoms with van der Waals surface area (Å²) in [6.45, 7) is 2.56. The lowest BCUT2D eigenvalue weighted by Crippen LogP contribution is -2.24. The highest BCUT2D eigenvalue weighted by atomic mass is 79.9. The van der Waals surface area contributed by atoms with Gasteiger partial charge in [0.1, 0.15) is 0 Å². The van der Waals surface area contributed by atoms with E-state index in [4.69, 9.17) is 0 Å². The first-order chi connectivity index (χ1) is 10.6. The number of nitrogens with zero attached hydrogens (tertiary/aromatic N) is 1. The fraction of sp³-hybridized carbons (Fsp3) is 0.188. The SMILES string of the molecule is CCCNC(=O)c1cncc(C(=O)Nc2cccc(Br)c2)c1. The second kappa shape index (κ2) is 7.70. The van der Waals surface area contributed by atoms with Gasteiger partial charge in [-0.1, -0.05) is 28.9 Å². The van der Waals surface area contributed by atoms with Gasteiger partial charge in [0.25, 0.3) is 11.8 Å². The van der Waals surface area contributed by atoms with Gasteiger partial charge >= 0.3 is 0 Å². The van der Waals surface area contributed by atoms with Gasteiger partial charge in [-0.15, -0.1) is 0 Å². The van der Waals surface area contributed by atoms with Crippen molar-refractivity contribution in [2.75, 3.05) is 11.9 Å². The Morgan fingerprint density at radius 3 is 2.55 bits per heavy atom. The molecule has 1 heterocycles. The maximum atomic E-state index is 12.2. The number of aromatic nitrogens is 1. The average Bonchev–Trinajstić information content (AvgIpc) is 2.52. The van der Waals surface area contributed by atoms with Crippen LogP contribution in [0.1, 0.15) is 34.1 Å². The molecule has 0 aliphatic carbocycles. The van der Waals surface area contributed by atoms with Gasteiger partial charge in [-0.05, 0) is 30.7 Å². The summed E-state index contributed by atoms with van der Waals surface area (Å²) in [5.74, 6) is -0.540. The van der Waals surface area contributed by atoms with Crippen molar-refractivity contribution in [3.05, 3.63) is 58.3 Å². The van der Waals surface area contributed by atoms with Gasteiger partial charge in [-0.25, -0.2) is 0 Å². The Morgan fingerprint density at radius 1 is 1.14 bits per heavy atom. The number of carbonyl (C=O) groups excluding carboxylic acids is 2. The molecule has 0 aliphatic rings. The van der Waals surface area contributed by atoms with Gasteiger partial charge in [-0.3, -0.25) is 14.6 Å². The molecule has 2 N–H and O–H groups in total. The molecule has 0 saturated heterocycles. The highest BCUT2D eigenvalue weighted by Gasteiger charge is 2.11. The van der Waals surface area contributed by atoms with Gasteiger partial charge in [0.15, 0.2) is 0 Å². The number of hydrogen-bond donors (Lipinski definition) is 2. The predicted molar refractivity (Wildman–Crippen MR) is 89.0 cm³/mol. The summed E-state index contributed by atoms with van der Waals surface area (Å²) in [6, 6.07) is 8.81. The van der Waals surface area contributed by atoms with Crippen molar-refractivity contribution in [1.29, 1.82) is 0 Å². The van der Waals surface area contributed by atoms with Crippen molar-refractivity contribution in [3.8, 4) is 0 Å². The van der Waals surface area contributed by atoms with E-state index in [9.17, 15) is 9.59 Å². The van der Waals surface area contributed by atoms with Crippen molar-refractivity contribution in [2.45, 2.75) is 13.3 Å². The molecule has 6 heteroatoms. The van der Waals surface area contributed by atoms with Crippen molar-refractivity contribution < 1.29 is 9.59 Å². The lowest BCUT2D eigenvalue weighted by Gasteiger charge is -2.07. The molecule has 0 fully saturated rings. The molecular weight excluding hydrogens is 346 g/mol. The average molecular weight is 362 g/mol. The van der Waals surface area contributed by atoms with E-state index in [0.717, 1.165) is 10.9 Å². The molecule has 0 atom stereocenters. The summed E-state index contributed by atoms with van der Waals surface area (Å²) < 4.78 is 0.871. The van der Waals surface area contributed by atoms with Crippen molar-refractivity contribution in [1.82, 2.24) is 10.3 Å². The summed E-state index contributed by atoms with van der Waals surface area (Å²) in [5.41, 5.74) is 1.37. The molecule has 2 rings (SSSR count). The molecular formula is C16H16BrN3O2. The second-order valence-corrected chi connectivity index (χ2v) is 5.60. The Balaban J connectivity index is 2.11. The maximum Gasteiger partial charge on any atom is 0.257 e. The van der Waals surface area contributed by atoms with Gasteiger partial charge in [-0.2, -0.15) is 0 Å². The lowest BCUT2D eigenvalue weighted by molar-refractivity contribution is 0.0953. The zero-order chi connectivity index (χ0) is 15.9. The minimum Gasteiger partial charge on any atom is -0.352 e. The molecule has 2 aromatic rings. The lowest BCUT2D eigenvalue weighted by atomic mass is 10.2. The molecule has 114 valence electrons. The van der Waals surface area contributed by atoms with Crippen LogP contribution >= 0.6 is 15.9 Å². The normalized spacial score (nSPS) is 10.1. The number of carbonyl (C=O) groups is 2. The van der Waals surface area contributed by atoms with Crippen LogP contribution in [0.2, 0.25) is 0 Å². The van der Waals surface area contributed by atoms with E-state index in [-0.39, 0.29) is 11.8 Å². The quantitative estimate of drug-likeness (QED) is 0.858. The third-order valence-corrected chi connectivity index (χ3v) is 3.37. The van der Waals surface area contributed by atoms with E-state index in [1.54, 1.807) is 12.1 Å². The molecule has 0 spiro atoms. The number of anilines is 1. The number of pyridine rings is 1. The molecule has 0 unspecified atom stereocenters. The first kappa shape index (κ1) is 16.2. The Bertz CT molecular complexity index is 689. The van der Waals surface area contributed by atoms with E-state index < -0.39 is 0 Å². The maximum absolute atomic E-state index is 12.2. The van der Waals surface area contributed by atoms with E-state index in [1.807, 2.05) is 19.1 Å². The van der Waals surface area contributed by atoms with E-state index in [2.05, 4.69) is 31.5 Å². The summed E-state index contributed by atoms with van der Waals surface area (Å²) in [7, 11) is 0.